The summed E-state index contributed by atoms with van der Waals surface area (Å²) in [6.07, 6.45) is -4.00. The second-order valence-electron chi connectivity index (χ2n) is 4.09. The number of alkyl halides is 3. The maximum Gasteiger partial charge on any atom is 0.390 e. The molecule has 1 heterocycles. The molecule has 6 heteroatoms. The molecule has 0 aliphatic rings. The van der Waals surface area contributed by atoms with Crippen molar-refractivity contribution in [1.29, 1.82) is 0 Å². The monoisotopic (exact) mass is 261 g/mol. The SMILES string of the molecule is CCCNc1cccc(N(C)CCC(F)(F)F)n1. The van der Waals surface area contributed by atoms with E-state index in [9.17, 15) is 13.2 Å². The van der Waals surface area contributed by atoms with Gasteiger partial charge in [-0.05, 0) is 18.6 Å². The van der Waals surface area contributed by atoms with Crippen LogP contribution in [-0.4, -0.2) is 31.3 Å². The summed E-state index contributed by atoms with van der Waals surface area (Å²) in [6, 6.07) is 5.29. The largest absolute Gasteiger partial charge is 0.390 e. The van der Waals surface area contributed by atoms with Crippen LogP contribution >= 0.6 is 0 Å². The van der Waals surface area contributed by atoms with E-state index in [1.54, 1.807) is 25.2 Å². The summed E-state index contributed by atoms with van der Waals surface area (Å²) in [4.78, 5) is 5.76. The van der Waals surface area contributed by atoms with Gasteiger partial charge in [-0.3, -0.25) is 0 Å². The van der Waals surface area contributed by atoms with Gasteiger partial charge in [-0.15, -0.1) is 0 Å². The van der Waals surface area contributed by atoms with Crippen molar-refractivity contribution < 1.29 is 13.2 Å². The molecule has 0 saturated carbocycles. The number of nitrogens with zero attached hydrogens (tertiary/aromatic N) is 2. The minimum atomic E-state index is -4.13. The van der Waals surface area contributed by atoms with Crippen molar-refractivity contribution in [1.82, 2.24) is 4.98 Å². The predicted molar refractivity (Wildman–Crippen MR) is 67.0 cm³/mol. The number of halogens is 3. The van der Waals surface area contributed by atoms with Crippen molar-refractivity contribution in [2.24, 2.45) is 0 Å². The zero-order valence-electron chi connectivity index (χ0n) is 10.6. The van der Waals surface area contributed by atoms with E-state index in [2.05, 4.69) is 10.3 Å². The molecule has 0 bridgehead atoms. The van der Waals surface area contributed by atoms with Crippen molar-refractivity contribution in [3.05, 3.63) is 18.2 Å². The average molecular weight is 261 g/mol. The first-order valence-corrected chi connectivity index (χ1v) is 5.91. The summed E-state index contributed by atoms with van der Waals surface area (Å²) in [5.41, 5.74) is 0. The maximum atomic E-state index is 12.1. The van der Waals surface area contributed by atoms with Gasteiger partial charge in [-0.1, -0.05) is 13.0 Å². The highest BCUT2D eigenvalue weighted by molar-refractivity contribution is 5.46. The Balaban J connectivity index is 2.59. The van der Waals surface area contributed by atoms with E-state index in [0.717, 1.165) is 13.0 Å². The normalized spacial score (nSPS) is 11.4. The molecule has 0 atom stereocenters. The zero-order valence-corrected chi connectivity index (χ0v) is 10.6. The highest BCUT2D eigenvalue weighted by Gasteiger charge is 2.27. The van der Waals surface area contributed by atoms with Crippen LogP contribution in [-0.2, 0) is 0 Å². The van der Waals surface area contributed by atoms with Crippen LogP contribution in [0.1, 0.15) is 19.8 Å². The van der Waals surface area contributed by atoms with E-state index in [1.165, 1.54) is 4.90 Å². The van der Waals surface area contributed by atoms with E-state index >= 15 is 0 Å². The van der Waals surface area contributed by atoms with Gasteiger partial charge in [-0.25, -0.2) is 4.98 Å². The number of pyridine rings is 1. The first kappa shape index (κ1) is 14.6. The van der Waals surface area contributed by atoms with Crippen molar-refractivity contribution in [2.45, 2.75) is 25.9 Å². The Bertz CT molecular complexity index is 366. The summed E-state index contributed by atoms with van der Waals surface area (Å²) >= 11 is 0. The Morgan fingerprint density at radius 3 is 2.67 bits per heavy atom. The maximum absolute atomic E-state index is 12.1. The number of aromatic nitrogens is 1. The average Bonchev–Trinajstić information content (AvgIpc) is 2.33. The van der Waals surface area contributed by atoms with E-state index in [1.807, 2.05) is 6.92 Å². The highest BCUT2D eigenvalue weighted by Crippen LogP contribution is 2.21. The lowest BCUT2D eigenvalue weighted by atomic mass is 10.3. The quantitative estimate of drug-likeness (QED) is 0.851. The minimum Gasteiger partial charge on any atom is -0.370 e. The van der Waals surface area contributed by atoms with Crippen LogP contribution in [0.15, 0.2) is 18.2 Å². The second kappa shape index (κ2) is 6.47. The Hall–Kier alpha value is -1.46. The van der Waals surface area contributed by atoms with Gasteiger partial charge in [0.2, 0.25) is 0 Å². The molecule has 0 amide bonds. The van der Waals surface area contributed by atoms with Gasteiger partial charge >= 0.3 is 6.18 Å². The summed E-state index contributed by atoms with van der Waals surface area (Å²) in [5.74, 6) is 1.23. The van der Waals surface area contributed by atoms with Crippen molar-refractivity contribution >= 4 is 11.6 Å². The Morgan fingerprint density at radius 2 is 2.06 bits per heavy atom. The van der Waals surface area contributed by atoms with Crippen LogP contribution in [0.2, 0.25) is 0 Å². The molecule has 1 aromatic rings. The Morgan fingerprint density at radius 1 is 1.33 bits per heavy atom. The molecule has 1 rings (SSSR count). The molecule has 0 fully saturated rings. The Labute approximate surface area is 105 Å². The van der Waals surface area contributed by atoms with Crippen molar-refractivity contribution in [3.8, 4) is 0 Å². The standard InChI is InChI=1S/C12H18F3N3/c1-3-8-16-10-5-4-6-11(17-10)18(2)9-7-12(13,14)15/h4-6H,3,7-9H2,1-2H3,(H,16,17). The van der Waals surface area contributed by atoms with Gasteiger partial charge in [-0.2, -0.15) is 13.2 Å². The zero-order chi connectivity index (χ0) is 13.6. The van der Waals surface area contributed by atoms with Crippen molar-refractivity contribution in [3.63, 3.8) is 0 Å². The molecule has 1 N–H and O–H groups in total. The fourth-order valence-electron chi connectivity index (χ4n) is 1.40. The molecule has 0 aliphatic heterocycles. The number of hydrogen-bond acceptors (Lipinski definition) is 3. The molecular weight excluding hydrogens is 243 g/mol. The molecule has 0 radical (unpaired) electrons. The summed E-state index contributed by atoms with van der Waals surface area (Å²) in [6.45, 7) is 2.74. The number of nitrogens with one attached hydrogen (secondary N) is 1. The van der Waals surface area contributed by atoms with Gasteiger partial charge in [0, 0.05) is 20.1 Å². The molecule has 0 unspecified atom stereocenters. The number of rotatable bonds is 6. The molecule has 3 nitrogen and oxygen atoms in total. The van der Waals surface area contributed by atoms with Crippen LogP contribution in [0.3, 0.4) is 0 Å². The Kier molecular flexibility index (Phi) is 5.25. The third-order valence-electron chi connectivity index (χ3n) is 2.41. The summed E-state index contributed by atoms with van der Waals surface area (Å²) in [7, 11) is 1.61. The fraction of sp³-hybridized carbons (Fsp3) is 0.583. The fourth-order valence-corrected chi connectivity index (χ4v) is 1.40. The van der Waals surface area contributed by atoms with E-state index in [-0.39, 0.29) is 6.54 Å². The van der Waals surface area contributed by atoms with Gasteiger partial charge in [0.25, 0.3) is 0 Å². The second-order valence-corrected chi connectivity index (χ2v) is 4.09. The smallest absolute Gasteiger partial charge is 0.370 e. The van der Waals surface area contributed by atoms with Gasteiger partial charge in [0.15, 0.2) is 0 Å². The lowest BCUT2D eigenvalue weighted by Gasteiger charge is -2.19. The van der Waals surface area contributed by atoms with Crippen LogP contribution < -0.4 is 10.2 Å². The van der Waals surface area contributed by atoms with Gasteiger partial charge in [0.05, 0.1) is 6.42 Å². The third-order valence-corrected chi connectivity index (χ3v) is 2.41. The molecule has 18 heavy (non-hydrogen) atoms. The van der Waals surface area contributed by atoms with Crippen LogP contribution in [0.25, 0.3) is 0 Å². The first-order valence-electron chi connectivity index (χ1n) is 5.91. The van der Waals surface area contributed by atoms with E-state index < -0.39 is 12.6 Å². The van der Waals surface area contributed by atoms with Crippen LogP contribution in [0.5, 0.6) is 0 Å². The van der Waals surface area contributed by atoms with Crippen LogP contribution in [0, 0.1) is 0 Å². The minimum absolute atomic E-state index is 0.0896. The number of hydrogen-bond donors (Lipinski definition) is 1. The molecule has 0 aliphatic carbocycles. The summed E-state index contributed by atoms with van der Waals surface area (Å²) < 4.78 is 36.4. The summed E-state index contributed by atoms with van der Waals surface area (Å²) in [5, 5.41) is 3.10. The molecule has 0 aromatic carbocycles. The lowest BCUT2D eigenvalue weighted by Crippen LogP contribution is -2.24. The molecule has 1 aromatic heterocycles. The lowest BCUT2D eigenvalue weighted by molar-refractivity contribution is -0.132. The molecular formula is C12H18F3N3. The predicted octanol–water partition coefficient (Wildman–Crippen LogP) is 3.29. The van der Waals surface area contributed by atoms with Gasteiger partial charge < -0.3 is 10.2 Å². The topological polar surface area (TPSA) is 28.2 Å². The van der Waals surface area contributed by atoms with Gasteiger partial charge in [0.1, 0.15) is 11.6 Å². The first-order chi connectivity index (χ1) is 8.42. The number of anilines is 2. The molecule has 102 valence electrons. The van der Waals surface area contributed by atoms with E-state index in [4.69, 9.17) is 0 Å². The third kappa shape index (κ3) is 5.25. The van der Waals surface area contributed by atoms with Crippen molar-refractivity contribution in [2.75, 3.05) is 30.4 Å². The van der Waals surface area contributed by atoms with E-state index in [0.29, 0.717) is 11.6 Å². The van der Waals surface area contributed by atoms with Crippen LogP contribution in [0.4, 0.5) is 24.8 Å². The molecule has 0 spiro atoms. The molecule has 0 saturated heterocycles. The highest BCUT2D eigenvalue weighted by atomic mass is 19.4.